The fourth-order valence-corrected chi connectivity index (χ4v) is 2.39. The van der Waals surface area contributed by atoms with E-state index in [-0.39, 0.29) is 11.3 Å². The van der Waals surface area contributed by atoms with Gasteiger partial charge in [-0.3, -0.25) is 9.79 Å². The van der Waals surface area contributed by atoms with Crippen molar-refractivity contribution in [1.82, 2.24) is 16.0 Å². The maximum atomic E-state index is 11.8. The Kier molecular flexibility index (Phi) is 10.5. The number of ether oxygens (including phenoxy) is 2. The molecule has 0 bridgehead atoms. The quantitative estimate of drug-likeness (QED) is 0.328. The lowest BCUT2D eigenvalue weighted by Gasteiger charge is -2.21. The lowest BCUT2D eigenvalue weighted by Crippen LogP contribution is -2.43. The molecule has 1 fully saturated rings. The molecule has 7 nitrogen and oxygen atoms in total. The Morgan fingerprint density at radius 3 is 2.40 bits per heavy atom. The van der Waals surface area contributed by atoms with Crippen molar-refractivity contribution in [2.24, 2.45) is 16.3 Å². The molecule has 1 heterocycles. The first-order valence-corrected chi connectivity index (χ1v) is 9.32. The summed E-state index contributed by atoms with van der Waals surface area (Å²) >= 11 is 0. The third kappa shape index (κ3) is 10.3. The first-order valence-electron chi connectivity index (χ1n) is 9.32. The van der Waals surface area contributed by atoms with Crippen LogP contribution in [0.15, 0.2) is 4.99 Å². The molecule has 146 valence electrons. The van der Waals surface area contributed by atoms with E-state index in [0.29, 0.717) is 19.0 Å². The summed E-state index contributed by atoms with van der Waals surface area (Å²) in [4.78, 5) is 15.9. The molecule has 25 heavy (non-hydrogen) atoms. The first-order chi connectivity index (χ1) is 11.9. The molecule has 0 radical (unpaired) electrons. The van der Waals surface area contributed by atoms with Crippen molar-refractivity contribution in [2.75, 3.05) is 53.1 Å². The second kappa shape index (κ2) is 12.1. The van der Waals surface area contributed by atoms with Crippen molar-refractivity contribution in [1.29, 1.82) is 0 Å². The van der Waals surface area contributed by atoms with Gasteiger partial charge in [-0.2, -0.15) is 0 Å². The highest BCUT2D eigenvalue weighted by Crippen LogP contribution is 2.14. The number of rotatable bonds is 9. The minimum Gasteiger partial charge on any atom is -0.381 e. The third-order valence-corrected chi connectivity index (χ3v) is 4.06. The Hall–Kier alpha value is -1.34. The zero-order chi connectivity index (χ0) is 18.5. The lowest BCUT2D eigenvalue weighted by atomic mass is 9.96. The maximum absolute atomic E-state index is 11.8. The Balaban J connectivity index is 1.99. The average molecular weight is 357 g/mol. The summed E-state index contributed by atoms with van der Waals surface area (Å²) in [6.07, 6.45) is 3.16. The maximum Gasteiger partial charge on any atom is 0.225 e. The average Bonchev–Trinajstić information content (AvgIpc) is 2.59. The molecule has 0 spiro atoms. The van der Waals surface area contributed by atoms with Crippen LogP contribution in [-0.4, -0.2) is 65.0 Å². The molecular weight excluding hydrogens is 320 g/mol. The zero-order valence-corrected chi connectivity index (χ0v) is 16.3. The van der Waals surface area contributed by atoms with Gasteiger partial charge in [0, 0.05) is 58.5 Å². The molecule has 0 aliphatic carbocycles. The van der Waals surface area contributed by atoms with Crippen molar-refractivity contribution in [3.05, 3.63) is 0 Å². The van der Waals surface area contributed by atoms with Gasteiger partial charge in [0.15, 0.2) is 5.96 Å². The topological polar surface area (TPSA) is 84.0 Å². The van der Waals surface area contributed by atoms with E-state index in [1.807, 2.05) is 20.8 Å². The van der Waals surface area contributed by atoms with Crippen molar-refractivity contribution < 1.29 is 14.3 Å². The molecule has 0 aromatic rings. The fourth-order valence-electron chi connectivity index (χ4n) is 2.39. The molecule has 7 heteroatoms. The number of nitrogens with zero attached hydrogens (tertiary/aromatic N) is 1. The number of hydrogen-bond acceptors (Lipinski definition) is 4. The summed E-state index contributed by atoms with van der Waals surface area (Å²) in [5.74, 6) is 1.45. The molecule has 1 aliphatic rings. The molecule has 1 amide bonds. The molecule has 0 aromatic heterocycles. The summed E-state index contributed by atoms with van der Waals surface area (Å²) in [6.45, 7) is 11.1. The van der Waals surface area contributed by atoms with Crippen molar-refractivity contribution >= 4 is 11.9 Å². The van der Waals surface area contributed by atoms with Crippen LogP contribution in [0.5, 0.6) is 0 Å². The lowest BCUT2D eigenvalue weighted by molar-refractivity contribution is -0.128. The summed E-state index contributed by atoms with van der Waals surface area (Å²) in [5.41, 5.74) is -0.357. The highest BCUT2D eigenvalue weighted by atomic mass is 16.5. The van der Waals surface area contributed by atoms with E-state index >= 15 is 0 Å². The molecule has 0 saturated carbocycles. The van der Waals surface area contributed by atoms with E-state index in [1.54, 1.807) is 7.05 Å². The molecule has 0 unspecified atom stereocenters. The number of aliphatic imine (C=N–C) groups is 1. The molecule has 1 saturated heterocycles. The Morgan fingerprint density at radius 2 is 1.76 bits per heavy atom. The monoisotopic (exact) mass is 356 g/mol. The summed E-state index contributed by atoms with van der Waals surface area (Å²) in [6, 6.07) is 0. The molecule has 1 rings (SSSR count). The highest BCUT2D eigenvalue weighted by Gasteiger charge is 2.20. The van der Waals surface area contributed by atoms with Crippen LogP contribution in [0.2, 0.25) is 0 Å². The van der Waals surface area contributed by atoms with Crippen LogP contribution >= 0.6 is 0 Å². The van der Waals surface area contributed by atoms with Crippen molar-refractivity contribution in [2.45, 2.75) is 40.0 Å². The van der Waals surface area contributed by atoms with E-state index in [2.05, 4.69) is 20.9 Å². The standard InChI is InChI=1S/C18H36N4O3/c1-18(2,3)16(23)20-9-10-22-17(19-4)21-8-5-11-25-14-15-6-12-24-13-7-15/h15H,5-14H2,1-4H3,(H,20,23)(H2,19,21,22). The summed E-state index contributed by atoms with van der Waals surface area (Å²) < 4.78 is 11.1. The minimum atomic E-state index is -0.357. The van der Waals surface area contributed by atoms with E-state index in [4.69, 9.17) is 9.47 Å². The molecule has 0 aromatic carbocycles. The van der Waals surface area contributed by atoms with Gasteiger partial charge in [0.1, 0.15) is 0 Å². The van der Waals surface area contributed by atoms with Crippen LogP contribution in [0, 0.1) is 11.3 Å². The van der Waals surface area contributed by atoms with Gasteiger partial charge < -0.3 is 25.4 Å². The van der Waals surface area contributed by atoms with E-state index in [9.17, 15) is 4.79 Å². The van der Waals surface area contributed by atoms with Crippen LogP contribution in [0.1, 0.15) is 40.0 Å². The van der Waals surface area contributed by atoms with Gasteiger partial charge in [0.05, 0.1) is 0 Å². The first kappa shape index (κ1) is 21.7. The zero-order valence-electron chi connectivity index (χ0n) is 16.3. The van der Waals surface area contributed by atoms with Crippen molar-refractivity contribution in [3.63, 3.8) is 0 Å². The van der Waals surface area contributed by atoms with Crippen LogP contribution in [-0.2, 0) is 14.3 Å². The van der Waals surface area contributed by atoms with E-state index in [1.165, 1.54) is 0 Å². The van der Waals surface area contributed by atoms with Gasteiger partial charge in [0.25, 0.3) is 0 Å². The minimum absolute atomic E-state index is 0.0546. The van der Waals surface area contributed by atoms with E-state index in [0.717, 1.165) is 58.2 Å². The number of hydrogen-bond donors (Lipinski definition) is 3. The Bertz CT molecular complexity index is 402. The SMILES string of the molecule is CN=C(NCCCOCC1CCOCC1)NCCNC(=O)C(C)(C)C. The van der Waals surface area contributed by atoms with Gasteiger partial charge in [-0.05, 0) is 25.2 Å². The normalized spacial score (nSPS) is 16.6. The van der Waals surface area contributed by atoms with Crippen LogP contribution in [0.25, 0.3) is 0 Å². The molecule has 3 N–H and O–H groups in total. The van der Waals surface area contributed by atoms with Crippen molar-refractivity contribution in [3.8, 4) is 0 Å². The Morgan fingerprint density at radius 1 is 1.12 bits per heavy atom. The van der Waals surface area contributed by atoms with Gasteiger partial charge >= 0.3 is 0 Å². The van der Waals surface area contributed by atoms with E-state index < -0.39 is 0 Å². The number of nitrogens with one attached hydrogen (secondary N) is 3. The van der Waals surface area contributed by atoms with Gasteiger partial charge in [-0.15, -0.1) is 0 Å². The van der Waals surface area contributed by atoms with Gasteiger partial charge in [-0.1, -0.05) is 20.8 Å². The molecule has 0 atom stereocenters. The van der Waals surface area contributed by atoms with Crippen LogP contribution in [0.4, 0.5) is 0 Å². The van der Waals surface area contributed by atoms with Crippen LogP contribution in [0.3, 0.4) is 0 Å². The third-order valence-electron chi connectivity index (χ3n) is 4.06. The largest absolute Gasteiger partial charge is 0.381 e. The second-order valence-corrected chi connectivity index (χ2v) is 7.42. The van der Waals surface area contributed by atoms with Crippen LogP contribution < -0.4 is 16.0 Å². The van der Waals surface area contributed by atoms with Gasteiger partial charge in [0.2, 0.25) is 5.91 Å². The smallest absolute Gasteiger partial charge is 0.225 e. The molecule has 1 aliphatic heterocycles. The highest BCUT2D eigenvalue weighted by molar-refractivity contribution is 5.81. The number of guanidine groups is 1. The van der Waals surface area contributed by atoms with Gasteiger partial charge in [-0.25, -0.2) is 0 Å². The predicted molar refractivity (Wildman–Crippen MR) is 101 cm³/mol. The Labute approximate surface area is 152 Å². The predicted octanol–water partition coefficient (Wildman–Crippen LogP) is 1.15. The second-order valence-electron chi connectivity index (χ2n) is 7.42. The summed E-state index contributed by atoms with van der Waals surface area (Å²) in [7, 11) is 1.74. The fraction of sp³-hybridized carbons (Fsp3) is 0.889. The molecular formula is C18H36N4O3. The number of carbonyl (C=O) groups excluding carboxylic acids is 1. The number of carbonyl (C=O) groups is 1. The summed E-state index contributed by atoms with van der Waals surface area (Å²) in [5, 5.41) is 9.34. The number of amides is 1.